The molecule has 0 atom stereocenters. The maximum Gasteiger partial charge on any atom is 0.407 e. The predicted molar refractivity (Wildman–Crippen MR) is 55.3 cm³/mol. The number of hydrogen-bond donors (Lipinski definition) is 2. The first-order valence-corrected chi connectivity index (χ1v) is 6.42. The highest BCUT2D eigenvalue weighted by Gasteiger charge is 2.05. The lowest BCUT2D eigenvalue weighted by atomic mass is 10.4. The van der Waals surface area contributed by atoms with E-state index in [0.29, 0.717) is 6.61 Å². The summed E-state index contributed by atoms with van der Waals surface area (Å²) in [5.74, 6) is -0.359. The molecule has 6 nitrogen and oxygen atoms in total. The number of alkyl carbamates (subject to hydrolysis) is 1. The molecule has 0 saturated carbocycles. The molecule has 1 amide bonds. The van der Waals surface area contributed by atoms with Gasteiger partial charge in [0.15, 0.2) is 0 Å². The first-order valence-electron chi connectivity index (χ1n) is 4.81. The van der Waals surface area contributed by atoms with E-state index < -0.39 is 16.2 Å². The van der Waals surface area contributed by atoms with E-state index in [1.807, 2.05) is 6.92 Å². The second kappa shape index (κ2) is 7.47. The van der Waals surface area contributed by atoms with Crippen LogP contribution in [-0.4, -0.2) is 38.0 Å². The van der Waals surface area contributed by atoms with Gasteiger partial charge in [-0.25, -0.2) is 4.79 Å². The number of rotatable bonds is 7. The molecule has 0 aliphatic rings. The summed E-state index contributed by atoms with van der Waals surface area (Å²) < 4.78 is 33.7. The molecule has 15 heavy (non-hydrogen) atoms. The number of ether oxygens (including phenoxy) is 1. The van der Waals surface area contributed by atoms with Crippen molar-refractivity contribution in [2.24, 2.45) is 0 Å². The van der Waals surface area contributed by atoms with Crippen molar-refractivity contribution in [2.75, 3.05) is 18.9 Å². The molecule has 0 aromatic carbocycles. The number of amides is 1. The van der Waals surface area contributed by atoms with Gasteiger partial charge in [0.1, 0.15) is 0 Å². The van der Waals surface area contributed by atoms with Gasteiger partial charge < -0.3 is 10.1 Å². The molecule has 0 bridgehead atoms. The minimum Gasteiger partial charge on any atom is -0.450 e. The molecule has 0 spiro atoms. The zero-order chi connectivity index (χ0) is 11.7. The van der Waals surface area contributed by atoms with E-state index in [-0.39, 0.29) is 18.7 Å². The molecule has 0 unspecified atom stereocenters. The monoisotopic (exact) mass is 239 g/mol. The van der Waals surface area contributed by atoms with E-state index in [4.69, 9.17) is 9.29 Å². The Labute approximate surface area is 89.7 Å². The van der Waals surface area contributed by atoms with E-state index in [1.54, 1.807) is 0 Å². The highest BCUT2D eigenvalue weighted by atomic mass is 32.2. The van der Waals surface area contributed by atoms with Crippen LogP contribution < -0.4 is 5.32 Å². The fraction of sp³-hybridized carbons (Fsp3) is 0.875. The van der Waals surface area contributed by atoms with Crippen molar-refractivity contribution >= 4 is 16.2 Å². The molecule has 0 aliphatic heterocycles. The average Bonchev–Trinajstić information content (AvgIpc) is 2.11. The Kier molecular flexibility index (Phi) is 7.06. The van der Waals surface area contributed by atoms with Gasteiger partial charge in [0.05, 0.1) is 12.4 Å². The van der Waals surface area contributed by atoms with Crippen molar-refractivity contribution in [2.45, 2.75) is 26.2 Å². The number of carbonyl (C=O) groups excluding carboxylic acids is 1. The SMILES string of the molecule is CCCCOC(=O)NCCCS(=O)(=O)O. The Morgan fingerprint density at radius 3 is 2.60 bits per heavy atom. The Morgan fingerprint density at radius 2 is 2.07 bits per heavy atom. The van der Waals surface area contributed by atoms with E-state index in [0.717, 1.165) is 12.8 Å². The van der Waals surface area contributed by atoms with Crippen molar-refractivity contribution in [3.63, 3.8) is 0 Å². The van der Waals surface area contributed by atoms with E-state index >= 15 is 0 Å². The van der Waals surface area contributed by atoms with Crippen LogP contribution in [0.5, 0.6) is 0 Å². The Morgan fingerprint density at radius 1 is 1.40 bits per heavy atom. The Balaban J connectivity index is 3.39. The maximum atomic E-state index is 10.9. The normalized spacial score (nSPS) is 11.1. The lowest BCUT2D eigenvalue weighted by Gasteiger charge is -2.05. The molecule has 0 radical (unpaired) electrons. The molecular formula is C8H17NO5S. The first kappa shape index (κ1) is 14.2. The maximum absolute atomic E-state index is 10.9. The van der Waals surface area contributed by atoms with Crippen LogP contribution in [0.25, 0.3) is 0 Å². The van der Waals surface area contributed by atoms with Crippen molar-refractivity contribution in [1.29, 1.82) is 0 Å². The van der Waals surface area contributed by atoms with Crippen molar-refractivity contribution in [1.82, 2.24) is 5.32 Å². The molecule has 90 valence electrons. The number of carbonyl (C=O) groups is 1. The number of nitrogens with one attached hydrogen (secondary N) is 1. The summed E-state index contributed by atoms with van der Waals surface area (Å²) in [4.78, 5) is 10.9. The topological polar surface area (TPSA) is 92.7 Å². The fourth-order valence-electron chi connectivity index (χ4n) is 0.805. The van der Waals surface area contributed by atoms with Crippen LogP contribution in [0.4, 0.5) is 4.79 Å². The lowest BCUT2D eigenvalue weighted by Crippen LogP contribution is -2.26. The van der Waals surface area contributed by atoms with Gasteiger partial charge in [0, 0.05) is 6.54 Å². The molecule has 0 rings (SSSR count). The van der Waals surface area contributed by atoms with Gasteiger partial charge in [-0.05, 0) is 12.8 Å². The molecule has 0 aromatic heterocycles. The number of hydrogen-bond acceptors (Lipinski definition) is 4. The summed E-state index contributed by atoms with van der Waals surface area (Å²) in [6.45, 7) is 2.51. The summed E-state index contributed by atoms with van der Waals surface area (Å²) in [6, 6.07) is 0. The van der Waals surface area contributed by atoms with Crippen LogP contribution in [0, 0.1) is 0 Å². The van der Waals surface area contributed by atoms with Crippen molar-refractivity contribution in [3.05, 3.63) is 0 Å². The minimum atomic E-state index is -3.94. The third-order valence-electron chi connectivity index (χ3n) is 1.58. The average molecular weight is 239 g/mol. The third kappa shape index (κ3) is 11.1. The van der Waals surface area contributed by atoms with E-state index in [2.05, 4.69) is 5.32 Å². The fourth-order valence-corrected chi connectivity index (χ4v) is 1.31. The number of unbranched alkanes of at least 4 members (excludes halogenated alkanes) is 1. The zero-order valence-corrected chi connectivity index (χ0v) is 9.55. The highest BCUT2D eigenvalue weighted by molar-refractivity contribution is 7.85. The molecular weight excluding hydrogens is 222 g/mol. The second-order valence-electron chi connectivity index (χ2n) is 3.06. The van der Waals surface area contributed by atoms with E-state index in [1.165, 1.54) is 0 Å². The standard InChI is InChI=1S/C8H17NO5S/c1-2-3-6-14-8(10)9-5-4-7-15(11,12)13/h2-7H2,1H3,(H,9,10)(H,11,12,13). The van der Waals surface area contributed by atoms with Gasteiger partial charge in [0.2, 0.25) is 0 Å². The van der Waals surface area contributed by atoms with Crippen LogP contribution in [0.3, 0.4) is 0 Å². The molecule has 0 heterocycles. The molecule has 0 fully saturated rings. The first-order chi connectivity index (χ1) is 6.95. The quantitative estimate of drug-likeness (QED) is 0.506. The van der Waals surface area contributed by atoms with Crippen LogP contribution >= 0.6 is 0 Å². The Hall–Kier alpha value is -0.820. The summed E-state index contributed by atoms with van der Waals surface area (Å²) in [5.41, 5.74) is 0. The lowest BCUT2D eigenvalue weighted by molar-refractivity contribution is 0.144. The molecule has 0 aliphatic carbocycles. The van der Waals surface area contributed by atoms with Gasteiger partial charge in [-0.2, -0.15) is 8.42 Å². The molecule has 2 N–H and O–H groups in total. The summed E-state index contributed by atoms with van der Waals surface area (Å²) >= 11 is 0. The van der Waals surface area contributed by atoms with Gasteiger partial charge >= 0.3 is 6.09 Å². The summed E-state index contributed by atoms with van der Waals surface area (Å²) in [7, 11) is -3.94. The summed E-state index contributed by atoms with van der Waals surface area (Å²) in [5, 5.41) is 2.38. The van der Waals surface area contributed by atoms with Gasteiger partial charge in [-0.1, -0.05) is 13.3 Å². The van der Waals surface area contributed by atoms with Crippen molar-refractivity contribution < 1.29 is 22.5 Å². The van der Waals surface area contributed by atoms with Crippen LogP contribution in [0.2, 0.25) is 0 Å². The highest BCUT2D eigenvalue weighted by Crippen LogP contribution is 1.90. The predicted octanol–water partition coefficient (Wildman–Crippen LogP) is 0.791. The Bertz CT molecular complexity index is 275. The minimum absolute atomic E-state index is 0.168. The largest absolute Gasteiger partial charge is 0.450 e. The smallest absolute Gasteiger partial charge is 0.407 e. The third-order valence-corrected chi connectivity index (χ3v) is 2.38. The molecule has 7 heteroatoms. The van der Waals surface area contributed by atoms with Crippen LogP contribution in [0.15, 0.2) is 0 Å². The van der Waals surface area contributed by atoms with Crippen LogP contribution in [-0.2, 0) is 14.9 Å². The van der Waals surface area contributed by atoms with Gasteiger partial charge in [-0.3, -0.25) is 4.55 Å². The van der Waals surface area contributed by atoms with Crippen LogP contribution in [0.1, 0.15) is 26.2 Å². The molecule has 0 saturated heterocycles. The van der Waals surface area contributed by atoms with Gasteiger partial charge in [-0.15, -0.1) is 0 Å². The summed E-state index contributed by atoms with van der Waals surface area (Å²) in [6.07, 6.45) is 1.36. The van der Waals surface area contributed by atoms with Gasteiger partial charge in [0.25, 0.3) is 10.1 Å². The zero-order valence-electron chi connectivity index (χ0n) is 8.73. The van der Waals surface area contributed by atoms with Crippen molar-refractivity contribution in [3.8, 4) is 0 Å². The van der Waals surface area contributed by atoms with E-state index in [9.17, 15) is 13.2 Å². The second-order valence-corrected chi connectivity index (χ2v) is 4.63. The molecule has 0 aromatic rings.